The van der Waals surface area contributed by atoms with Gasteiger partial charge in [-0.15, -0.1) is 0 Å². The highest BCUT2D eigenvalue weighted by molar-refractivity contribution is 5.83. The summed E-state index contributed by atoms with van der Waals surface area (Å²) in [5.74, 6) is -2.22. The predicted molar refractivity (Wildman–Crippen MR) is 94.1 cm³/mol. The number of carboxylic acid groups (broad SMARTS) is 1. The van der Waals surface area contributed by atoms with Gasteiger partial charge in [0.15, 0.2) is 0 Å². The molecule has 1 fully saturated rings. The Kier molecular flexibility index (Phi) is 6.71. The number of nitrogens with zero attached hydrogens (tertiary/aromatic N) is 2. The van der Waals surface area contributed by atoms with Gasteiger partial charge >= 0.3 is 5.97 Å². The van der Waals surface area contributed by atoms with E-state index in [1.807, 2.05) is 0 Å². The second-order valence-corrected chi connectivity index (χ2v) is 6.73. The smallest absolute Gasteiger partial charge is 0.323 e. The molecule has 1 N–H and O–H groups in total. The molecule has 2 atom stereocenters. The first-order valence-corrected chi connectivity index (χ1v) is 8.83. The van der Waals surface area contributed by atoms with Crippen molar-refractivity contribution >= 4 is 17.8 Å². The summed E-state index contributed by atoms with van der Waals surface area (Å²) in [7, 11) is 0. The summed E-state index contributed by atoms with van der Waals surface area (Å²) in [6.07, 6.45) is 1.88. The highest BCUT2D eigenvalue weighted by atomic mass is 19.1. The second kappa shape index (κ2) is 8.78. The minimum Gasteiger partial charge on any atom is -0.480 e. The number of hydrogen-bond donors (Lipinski definition) is 1. The second-order valence-electron chi connectivity index (χ2n) is 6.73. The van der Waals surface area contributed by atoms with Crippen LogP contribution < -0.4 is 0 Å². The van der Waals surface area contributed by atoms with Crippen LogP contribution in [0.15, 0.2) is 24.3 Å². The van der Waals surface area contributed by atoms with Gasteiger partial charge in [0.1, 0.15) is 12.4 Å². The number of carboxylic acids is 1. The molecule has 6 nitrogen and oxygen atoms in total. The molecule has 1 aliphatic rings. The van der Waals surface area contributed by atoms with Gasteiger partial charge in [-0.2, -0.15) is 0 Å². The number of halogens is 1. The Morgan fingerprint density at radius 1 is 1.31 bits per heavy atom. The van der Waals surface area contributed by atoms with Crippen molar-refractivity contribution in [1.29, 1.82) is 0 Å². The summed E-state index contributed by atoms with van der Waals surface area (Å²) in [4.78, 5) is 38.7. The Balaban J connectivity index is 2.04. The minimum atomic E-state index is -1.04. The van der Waals surface area contributed by atoms with E-state index in [1.165, 1.54) is 24.0 Å². The summed E-state index contributed by atoms with van der Waals surface area (Å²) in [5, 5.41) is 9.01. The van der Waals surface area contributed by atoms with Gasteiger partial charge < -0.3 is 14.9 Å². The lowest BCUT2D eigenvalue weighted by atomic mass is 9.99. The molecule has 26 heavy (non-hydrogen) atoms. The van der Waals surface area contributed by atoms with Crippen molar-refractivity contribution in [3.05, 3.63) is 35.6 Å². The molecular weight excluding hydrogens is 339 g/mol. The maximum atomic E-state index is 13.4. The van der Waals surface area contributed by atoms with Gasteiger partial charge in [-0.1, -0.05) is 12.1 Å². The van der Waals surface area contributed by atoms with Crippen molar-refractivity contribution in [2.24, 2.45) is 0 Å². The number of rotatable bonds is 5. The quantitative estimate of drug-likeness (QED) is 0.869. The zero-order valence-electron chi connectivity index (χ0n) is 15.2. The van der Waals surface area contributed by atoms with Crippen LogP contribution in [-0.4, -0.2) is 58.4 Å². The fourth-order valence-corrected chi connectivity index (χ4v) is 3.45. The van der Waals surface area contributed by atoms with Gasteiger partial charge in [-0.05, 0) is 43.9 Å². The average Bonchev–Trinajstić information content (AvgIpc) is 2.84. The molecule has 0 aromatic heterocycles. The van der Waals surface area contributed by atoms with Gasteiger partial charge in [0, 0.05) is 26.1 Å². The van der Waals surface area contributed by atoms with Crippen molar-refractivity contribution in [3.63, 3.8) is 0 Å². The fourth-order valence-electron chi connectivity index (χ4n) is 3.45. The van der Waals surface area contributed by atoms with E-state index in [4.69, 9.17) is 5.11 Å². The van der Waals surface area contributed by atoms with E-state index in [-0.39, 0.29) is 30.2 Å². The lowest BCUT2D eigenvalue weighted by molar-refractivity contribution is -0.145. The van der Waals surface area contributed by atoms with E-state index >= 15 is 0 Å². The zero-order chi connectivity index (χ0) is 19.3. The SMILES string of the molecule is CC(=O)N(CC(=O)O)[C@@H]1CCCN(C(=O)[C@H](C)c2cccc(F)c2)CC1. The molecular formula is C19H25FN2O4. The standard InChI is InChI=1S/C19H25FN2O4/c1-13(15-5-3-6-16(20)11-15)19(26)21-9-4-7-17(8-10-21)22(14(2)23)12-18(24)25/h3,5-6,11,13,17H,4,7-10,12H2,1-2H3,(H,24,25)/t13-,17-/m1/s1. The molecule has 0 bridgehead atoms. The Morgan fingerprint density at radius 3 is 2.65 bits per heavy atom. The van der Waals surface area contributed by atoms with E-state index in [1.54, 1.807) is 24.0 Å². The summed E-state index contributed by atoms with van der Waals surface area (Å²) in [6.45, 7) is 3.79. The highest BCUT2D eigenvalue weighted by Crippen LogP contribution is 2.23. The molecule has 1 heterocycles. The number of benzene rings is 1. The zero-order valence-corrected chi connectivity index (χ0v) is 15.2. The average molecular weight is 364 g/mol. The molecule has 1 aromatic rings. The van der Waals surface area contributed by atoms with E-state index in [0.717, 1.165) is 0 Å². The molecule has 2 rings (SSSR count). The normalized spacial score (nSPS) is 18.7. The predicted octanol–water partition coefficient (Wildman–Crippen LogP) is 2.24. The van der Waals surface area contributed by atoms with Crippen LogP contribution in [0.4, 0.5) is 4.39 Å². The number of carbonyl (C=O) groups is 3. The molecule has 0 aliphatic carbocycles. The number of likely N-dealkylation sites (tertiary alicyclic amines) is 1. The maximum Gasteiger partial charge on any atom is 0.323 e. The molecule has 1 aromatic carbocycles. The summed E-state index contributed by atoms with van der Waals surface area (Å²) in [6, 6.07) is 5.84. The summed E-state index contributed by atoms with van der Waals surface area (Å²) < 4.78 is 13.4. The molecule has 2 amide bonds. The van der Waals surface area contributed by atoms with Gasteiger partial charge in [0.25, 0.3) is 0 Å². The largest absolute Gasteiger partial charge is 0.480 e. The number of hydrogen-bond acceptors (Lipinski definition) is 3. The van der Waals surface area contributed by atoms with Crippen LogP contribution in [0.5, 0.6) is 0 Å². The molecule has 0 spiro atoms. The molecule has 0 unspecified atom stereocenters. The molecule has 1 saturated heterocycles. The van der Waals surface area contributed by atoms with Gasteiger partial charge in [0.05, 0.1) is 5.92 Å². The lowest BCUT2D eigenvalue weighted by Crippen LogP contribution is -2.43. The molecule has 0 saturated carbocycles. The first-order valence-electron chi connectivity index (χ1n) is 8.83. The van der Waals surface area contributed by atoms with E-state index in [2.05, 4.69) is 0 Å². The molecule has 1 aliphatic heterocycles. The van der Waals surface area contributed by atoms with Crippen LogP contribution in [0.3, 0.4) is 0 Å². The van der Waals surface area contributed by atoms with Gasteiger partial charge in [-0.25, -0.2) is 4.39 Å². The number of aliphatic carboxylic acids is 1. The minimum absolute atomic E-state index is 0.0798. The van der Waals surface area contributed by atoms with E-state index in [0.29, 0.717) is 37.9 Å². The van der Waals surface area contributed by atoms with Crippen LogP contribution >= 0.6 is 0 Å². The Morgan fingerprint density at radius 2 is 2.04 bits per heavy atom. The topological polar surface area (TPSA) is 77.9 Å². The molecule has 142 valence electrons. The lowest BCUT2D eigenvalue weighted by Gasteiger charge is -2.29. The third-order valence-electron chi connectivity index (χ3n) is 4.88. The Labute approximate surface area is 152 Å². The van der Waals surface area contributed by atoms with Crippen molar-refractivity contribution in [2.45, 2.75) is 45.1 Å². The number of carbonyl (C=O) groups excluding carboxylic acids is 2. The Bertz CT molecular complexity index is 679. The van der Waals surface area contributed by atoms with Crippen molar-refractivity contribution in [3.8, 4) is 0 Å². The van der Waals surface area contributed by atoms with E-state index < -0.39 is 11.9 Å². The first-order chi connectivity index (χ1) is 12.3. The van der Waals surface area contributed by atoms with Crippen LogP contribution in [0.2, 0.25) is 0 Å². The van der Waals surface area contributed by atoms with Crippen LogP contribution in [0.1, 0.15) is 44.6 Å². The monoisotopic (exact) mass is 364 g/mol. The van der Waals surface area contributed by atoms with Crippen molar-refractivity contribution in [1.82, 2.24) is 9.80 Å². The van der Waals surface area contributed by atoms with Crippen LogP contribution in [0.25, 0.3) is 0 Å². The third-order valence-corrected chi connectivity index (χ3v) is 4.88. The van der Waals surface area contributed by atoms with Crippen molar-refractivity contribution in [2.75, 3.05) is 19.6 Å². The van der Waals surface area contributed by atoms with Crippen LogP contribution in [-0.2, 0) is 14.4 Å². The van der Waals surface area contributed by atoms with Crippen molar-refractivity contribution < 1.29 is 23.9 Å². The van der Waals surface area contributed by atoms with Gasteiger partial charge in [-0.3, -0.25) is 14.4 Å². The fraction of sp³-hybridized carbons (Fsp3) is 0.526. The Hall–Kier alpha value is -2.44. The van der Waals surface area contributed by atoms with Gasteiger partial charge in [0.2, 0.25) is 11.8 Å². The first kappa shape index (κ1) is 19.9. The van der Waals surface area contributed by atoms with Crippen LogP contribution in [0, 0.1) is 5.82 Å². The maximum absolute atomic E-state index is 13.4. The highest BCUT2D eigenvalue weighted by Gasteiger charge is 2.29. The number of amides is 2. The summed E-state index contributed by atoms with van der Waals surface area (Å²) >= 11 is 0. The molecule has 0 radical (unpaired) electrons. The third kappa shape index (κ3) is 5.03. The summed E-state index contributed by atoms with van der Waals surface area (Å²) in [5.41, 5.74) is 0.632. The van der Waals surface area contributed by atoms with E-state index in [9.17, 15) is 18.8 Å². The molecule has 7 heteroatoms.